The first kappa shape index (κ1) is 15.2. The van der Waals surface area contributed by atoms with Crippen LogP contribution in [0.1, 0.15) is 22.7 Å². The van der Waals surface area contributed by atoms with Crippen LogP contribution < -0.4 is 11.1 Å². The van der Waals surface area contributed by atoms with E-state index in [1.54, 1.807) is 35.6 Å². The average molecular weight is 300 g/mol. The van der Waals surface area contributed by atoms with E-state index in [-0.39, 0.29) is 12.3 Å². The summed E-state index contributed by atoms with van der Waals surface area (Å²) >= 11 is 1.55. The van der Waals surface area contributed by atoms with Crippen LogP contribution in [0.5, 0.6) is 0 Å². The minimum atomic E-state index is -0.138. The predicted octanol–water partition coefficient (Wildman–Crippen LogP) is 2.09. The van der Waals surface area contributed by atoms with Crippen LogP contribution in [0.15, 0.2) is 29.6 Å². The van der Waals surface area contributed by atoms with Gasteiger partial charge in [0, 0.05) is 17.5 Å². The SMILES string of the molecule is N#Cc1cccc(NC(=O)Cc2csc(CCCN)n2)c1. The Kier molecular flexibility index (Phi) is 5.43. The quantitative estimate of drug-likeness (QED) is 0.854. The van der Waals surface area contributed by atoms with Crippen molar-refractivity contribution in [2.24, 2.45) is 5.73 Å². The van der Waals surface area contributed by atoms with Gasteiger partial charge in [0.1, 0.15) is 0 Å². The van der Waals surface area contributed by atoms with E-state index in [1.807, 2.05) is 11.4 Å². The molecule has 0 fully saturated rings. The third-order valence-corrected chi connectivity index (χ3v) is 3.77. The lowest BCUT2D eigenvalue weighted by molar-refractivity contribution is -0.115. The summed E-state index contributed by atoms with van der Waals surface area (Å²) in [4.78, 5) is 16.4. The van der Waals surface area contributed by atoms with Crippen molar-refractivity contribution in [2.45, 2.75) is 19.3 Å². The van der Waals surface area contributed by atoms with Crippen LogP contribution in [-0.4, -0.2) is 17.4 Å². The number of anilines is 1. The number of carbonyl (C=O) groups excluding carboxylic acids is 1. The maximum absolute atomic E-state index is 12.0. The number of aromatic nitrogens is 1. The van der Waals surface area contributed by atoms with Gasteiger partial charge in [-0.3, -0.25) is 4.79 Å². The van der Waals surface area contributed by atoms with E-state index in [4.69, 9.17) is 11.0 Å². The lowest BCUT2D eigenvalue weighted by atomic mass is 10.2. The molecule has 5 nitrogen and oxygen atoms in total. The molecule has 3 N–H and O–H groups in total. The summed E-state index contributed by atoms with van der Waals surface area (Å²) in [5, 5.41) is 14.5. The molecular formula is C15H16N4OS. The normalized spacial score (nSPS) is 10.1. The van der Waals surface area contributed by atoms with Gasteiger partial charge >= 0.3 is 0 Å². The molecule has 6 heteroatoms. The molecule has 1 aromatic carbocycles. The topological polar surface area (TPSA) is 91.8 Å². The first-order chi connectivity index (χ1) is 10.2. The fourth-order valence-corrected chi connectivity index (χ4v) is 2.67. The Morgan fingerprint density at radius 3 is 3.10 bits per heavy atom. The van der Waals surface area contributed by atoms with Crippen LogP contribution in [0.4, 0.5) is 5.69 Å². The van der Waals surface area contributed by atoms with Crippen LogP contribution >= 0.6 is 11.3 Å². The molecule has 0 bridgehead atoms. The molecule has 1 amide bonds. The molecule has 21 heavy (non-hydrogen) atoms. The van der Waals surface area contributed by atoms with E-state index in [9.17, 15) is 4.79 Å². The summed E-state index contributed by atoms with van der Waals surface area (Å²) < 4.78 is 0. The lowest BCUT2D eigenvalue weighted by Crippen LogP contribution is -2.14. The largest absolute Gasteiger partial charge is 0.330 e. The van der Waals surface area contributed by atoms with Gasteiger partial charge in [-0.15, -0.1) is 11.3 Å². The molecule has 2 aromatic rings. The third-order valence-electron chi connectivity index (χ3n) is 2.81. The highest BCUT2D eigenvalue weighted by atomic mass is 32.1. The van der Waals surface area contributed by atoms with Crippen molar-refractivity contribution < 1.29 is 4.79 Å². The molecule has 108 valence electrons. The van der Waals surface area contributed by atoms with E-state index in [0.717, 1.165) is 23.5 Å². The molecule has 0 spiro atoms. The fourth-order valence-electron chi connectivity index (χ4n) is 1.83. The van der Waals surface area contributed by atoms with E-state index >= 15 is 0 Å². The summed E-state index contributed by atoms with van der Waals surface area (Å²) in [5.41, 5.74) is 7.37. The van der Waals surface area contributed by atoms with Crippen LogP contribution in [-0.2, 0) is 17.6 Å². The van der Waals surface area contributed by atoms with Gasteiger partial charge in [0.25, 0.3) is 0 Å². The van der Waals surface area contributed by atoms with Gasteiger partial charge < -0.3 is 11.1 Å². The maximum Gasteiger partial charge on any atom is 0.230 e. The first-order valence-corrected chi connectivity index (χ1v) is 7.52. The Morgan fingerprint density at radius 1 is 1.48 bits per heavy atom. The predicted molar refractivity (Wildman–Crippen MR) is 83.0 cm³/mol. The number of nitrogens with two attached hydrogens (primary N) is 1. The molecule has 1 aromatic heterocycles. The van der Waals surface area contributed by atoms with Crippen molar-refractivity contribution in [1.82, 2.24) is 4.98 Å². The Morgan fingerprint density at radius 2 is 2.33 bits per heavy atom. The van der Waals surface area contributed by atoms with Crippen LogP contribution in [0.2, 0.25) is 0 Å². The molecule has 0 saturated carbocycles. The van der Waals surface area contributed by atoms with Gasteiger partial charge in [-0.25, -0.2) is 4.98 Å². The van der Waals surface area contributed by atoms with Gasteiger partial charge in [0.05, 0.1) is 28.8 Å². The minimum Gasteiger partial charge on any atom is -0.330 e. The number of thiazole rings is 1. The molecule has 0 aliphatic heterocycles. The number of aryl methyl sites for hydroxylation is 1. The number of carbonyl (C=O) groups is 1. The van der Waals surface area contributed by atoms with Crippen molar-refractivity contribution in [3.8, 4) is 6.07 Å². The zero-order valence-electron chi connectivity index (χ0n) is 11.5. The Hall–Kier alpha value is -2.23. The number of hydrogen-bond donors (Lipinski definition) is 2. The summed E-state index contributed by atoms with van der Waals surface area (Å²) in [6.45, 7) is 0.643. The zero-order chi connectivity index (χ0) is 15.1. The minimum absolute atomic E-state index is 0.138. The van der Waals surface area contributed by atoms with Crippen molar-refractivity contribution in [2.75, 3.05) is 11.9 Å². The zero-order valence-corrected chi connectivity index (χ0v) is 12.3. The number of nitrogens with one attached hydrogen (secondary N) is 1. The van der Waals surface area contributed by atoms with Crippen molar-refractivity contribution in [1.29, 1.82) is 5.26 Å². The molecule has 1 heterocycles. The third kappa shape index (κ3) is 4.67. The Bertz CT molecular complexity index is 660. The maximum atomic E-state index is 12.0. The monoisotopic (exact) mass is 300 g/mol. The molecule has 0 aliphatic rings. The fraction of sp³-hybridized carbons (Fsp3) is 0.267. The van der Waals surface area contributed by atoms with Crippen LogP contribution in [0.25, 0.3) is 0 Å². The van der Waals surface area contributed by atoms with Crippen molar-refractivity contribution >= 4 is 22.9 Å². The highest BCUT2D eigenvalue weighted by molar-refractivity contribution is 7.09. The second-order valence-corrected chi connectivity index (χ2v) is 5.49. The van der Waals surface area contributed by atoms with Crippen molar-refractivity contribution in [3.05, 3.63) is 45.9 Å². The number of hydrogen-bond acceptors (Lipinski definition) is 5. The molecule has 0 radical (unpaired) electrons. The number of amides is 1. The summed E-state index contributed by atoms with van der Waals surface area (Å²) in [7, 11) is 0. The van der Waals surface area contributed by atoms with Crippen LogP contribution in [0.3, 0.4) is 0 Å². The number of rotatable bonds is 6. The molecule has 0 aliphatic carbocycles. The average Bonchev–Trinajstić information content (AvgIpc) is 2.92. The Balaban J connectivity index is 1.92. The van der Waals surface area contributed by atoms with E-state index < -0.39 is 0 Å². The van der Waals surface area contributed by atoms with Gasteiger partial charge in [-0.1, -0.05) is 6.07 Å². The highest BCUT2D eigenvalue weighted by Crippen LogP contribution is 2.14. The molecule has 0 atom stereocenters. The van der Waals surface area contributed by atoms with E-state index in [1.165, 1.54) is 0 Å². The summed E-state index contributed by atoms with van der Waals surface area (Å²) in [5.74, 6) is -0.138. The van der Waals surface area contributed by atoms with Gasteiger partial charge in [0.2, 0.25) is 5.91 Å². The molecule has 0 unspecified atom stereocenters. The second-order valence-electron chi connectivity index (χ2n) is 4.54. The van der Waals surface area contributed by atoms with Crippen LogP contribution in [0, 0.1) is 11.3 Å². The Labute approximate surface area is 127 Å². The number of benzene rings is 1. The van der Waals surface area contributed by atoms with E-state index in [0.29, 0.717) is 17.8 Å². The van der Waals surface area contributed by atoms with Gasteiger partial charge in [0.15, 0.2) is 0 Å². The second kappa shape index (κ2) is 7.53. The number of nitrogens with zero attached hydrogens (tertiary/aromatic N) is 2. The van der Waals surface area contributed by atoms with E-state index in [2.05, 4.69) is 10.3 Å². The standard InChI is InChI=1S/C15H16N4OS/c16-6-2-5-15-19-13(10-21-15)8-14(20)18-12-4-1-3-11(7-12)9-17/h1,3-4,7,10H,2,5-6,8,16H2,(H,18,20). The van der Waals surface area contributed by atoms with Crippen molar-refractivity contribution in [3.63, 3.8) is 0 Å². The number of nitriles is 1. The smallest absolute Gasteiger partial charge is 0.230 e. The van der Waals surface area contributed by atoms with Gasteiger partial charge in [-0.2, -0.15) is 5.26 Å². The lowest BCUT2D eigenvalue weighted by Gasteiger charge is -2.04. The summed E-state index contributed by atoms with van der Waals surface area (Å²) in [6, 6.07) is 8.87. The molecule has 0 saturated heterocycles. The molecular weight excluding hydrogens is 284 g/mol. The molecule has 2 rings (SSSR count). The first-order valence-electron chi connectivity index (χ1n) is 6.64. The van der Waals surface area contributed by atoms with Gasteiger partial charge in [-0.05, 0) is 31.2 Å². The summed E-state index contributed by atoms with van der Waals surface area (Å²) in [6.07, 6.45) is 1.99. The highest BCUT2D eigenvalue weighted by Gasteiger charge is 2.08.